The van der Waals surface area contributed by atoms with E-state index in [2.05, 4.69) is 67.2 Å². The van der Waals surface area contributed by atoms with Crippen LogP contribution in [0.1, 0.15) is 38.0 Å². The molecule has 2 heterocycles. The second-order valence-corrected chi connectivity index (χ2v) is 6.55. The molecule has 0 fully saturated rings. The van der Waals surface area contributed by atoms with Gasteiger partial charge >= 0.3 is 0 Å². The Morgan fingerprint density at radius 1 is 1.09 bits per heavy atom. The van der Waals surface area contributed by atoms with E-state index in [4.69, 9.17) is 4.52 Å². The first-order valence-electron chi connectivity index (χ1n) is 7.34. The van der Waals surface area contributed by atoms with Gasteiger partial charge in [-0.05, 0) is 12.5 Å². The molecule has 3 aromatic rings. The van der Waals surface area contributed by atoms with E-state index < -0.39 is 0 Å². The van der Waals surface area contributed by atoms with Crippen LogP contribution in [0.4, 0.5) is 0 Å². The minimum Gasteiger partial charge on any atom is -0.337 e. The lowest BCUT2D eigenvalue weighted by Gasteiger charge is -2.10. The highest BCUT2D eigenvalue weighted by molar-refractivity contribution is 5.61. The molecule has 0 aliphatic heterocycles. The Bertz CT molecular complexity index is 763. The van der Waals surface area contributed by atoms with Crippen LogP contribution in [0.25, 0.3) is 11.1 Å². The molecule has 0 saturated heterocycles. The standard InChI is InChI=1S/C17H20N4O/c1-12-5-7-13(8-6-12)14-9-18-21(10-14)11-15-19-16(20-22-15)17(2,3)4/h5-10H,11H2,1-4H3. The lowest BCUT2D eigenvalue weighted by Crippen LogP contribution is -2.13. The van der Waals surface area contributed by atoms with Gasteiger partial charge in [0.1, 0.15) is 6.54 Å². The maximum Gasteiger partial charge on any atom is 0.248 e. The second kappa shape index (κ2) is 5.40. The molecule has 0 spiro atoms. The van der Waals surface area contributed by atoms with Gasteiger partial charge in [0, 0.05) is 17.2 Å². The lowest BCUT2D eigenvalue weighted by atomic mass is 9.96. The summed E-state index contributed by atoms with van der Waals surface area (Å²) in [6.07, 6.45) is 3.84. The first kappa shape index (κ1) is 14.5. The Morgan fingerprint density at radius 2 is 1.82 bits per heavy atom. The quantitative estimate of drug-likeness (QED) is 0.741. The number of benzene rings is 1. The van der Waals surface area contributed by atoms with Gasteiger partial charge in [-0.2, -0.15) is 10.1 Å². The van der Waals surface area contributed by atoms with Crippen molar-refractivity contribution in [2.45, 2.75) is 39.7 Å². The number of rotatable bonds is 3. The molecule has 2 aromatic heterocycles. The van der Waals surface area contributed by atoms with E-state index in [1.165, 1.54) is 5.56 Å². The molecule has 0 amide bonds. The van der Waals surface area contributed by atoms with Gasteiger partial charge in [0.05, 0.1) is 6.20 Å². The van der Waals surface area contributed by atoms with Crippen LogP contribution in [0.2, 0.25) is 0 Å². The minimum atomic E-state index is -0.112. The van der Waals surface area contributed by atoms with Crippen molar-refractivity contribution in [2.75, 3.05) is 0 Å². The van der Waals surface area contributed by atoms with Crippen LogP contribution in [-0.2, 0) is 12.0 Å². The molecule has 3 rings (SSSR count). The highest BCUT2D eigenvalue weighted by Crippen LogP contribution is 2.20. The van der Waals surface area contributed by atoms with Crippen molar-refractivity contribution >= 4 is 0 Å². The third kappa shape index (κ3) is 3.08. The van der Waals surface area contributed by atoms with Gasteiger partial charge in [-0.25, -0.2) is 0 Å². The van der Waals surface area contributed by atoms with E-state index in [-0.39, 0.29) is 5.41 Å². The summed E-state index contributed by atoms with van der Waals surface area (Å²) in [5.74, 6) is 1.29. The maximum absolute atomic E-state index is 5.30. The molecular formula is C17H20N4O. The number of aromatic nitrogens is 4. The SMILES string of the molecule is Cc1ccc(-c2cnn(Cc3nc(C(C)(C)C)no3)c2)cc1. The molecular weight excluding hydrogens is 276 g/mol. The summed E-state index contributed by atoms with van der Waals surface area (Å²) in [7, 11) is 0. The Labute approximate surface area is 130 Å². The summed E-state index contributed by atoms with van der Waals surface area (Å²) in [6.45, 7) is 8.74. The van der Waals surface area contributed by atoms with E-state index in [0.717, 1.165) is 11.1 Å². The topological polar surface area (TPSA) is 56.7 Å². The molecule has 22 heavy (non-hydrogen) atoms. The second-order valence-electron chi connectivity index (χ2n) is 6.55. The average molecular weight is 296 g/mol. The summed E-state index contributed by atoms with van der Waals surface area (Å²) in [5.41, 5.74) is 3.36. The molecule has 114 valence electrons. The van der Waals surface area contributed by atoms with E-state index in [9.17, 15) is 0 Å². The number of hydrogen-bond acceptors (Lipinski definition) is 4. The lowest BCUT2D eigenvalue weighted by molar-refractivity contribution is 0.353. The Hall–Kier alpha value is -2.43. The molecule has 0 bridgehead atoms. The van der Waals surface area contributed by atoms with Crippen molar-refractivity contribution in [1.29, 1.82) is 0 Å². The van der Waals surface area contributed by atoms with E-state index >= 15 is 0 Å². The molecule has 0 atom stereocenters. The van der Waals surface area contributed by atoms with Crippen LogP contribution in [0.15, 0.2) is 41.2 Å². The summed E-state index contributed by atoms with van der Waals surface area (Å²) in [5, 5.41) is 8.40. The van der Waals surface area contributed by atoms with Crippen LogP contribution in [0.3, 0.4) is 0 Å². The predicted molar refractivity (Wildman–Crippen MR) is 84.5 cm³/mol. The van der Waals surface area contributed by atoms with Gasteiger partial charge < -0.3 is 4.52 Å². The van der Waals surface area contributed by atoms with E-state index in [0.29, 0.717) is 18.3 Å². The molecule has 5 heteroatoms. The van der Waals surface area contributed by atoms with Crippen molar-refractivity contribution in [1.82, 2.24) is 19.9 Å². The molecule has 0 aliphatic rings. The fourth-order valence-electron chi connectivity index (χ4n) is 2.11. The van der Waals surface area contributed by atoms with Gasteiger partial charge in [0.2, 0.25) is 5.89 Å². The third-order valence-corrected chi connectivity index (χ3v) is 3.45. The molecule has 1 aromatic carbocycles. The van der Waals surface area contributed by atoms with Crippen molar-refractivity contribution in [3.8, 4) is 11.1 Å². The minimum absolute atomic E-state index is 0.112. The summed E-state index contributed by atoms with van der Waals surface area (Å²) < 4.78 is 7.12. The van der Waals surface area contributed by atoms with Crippen molar-refractivity contribution in [3.05, 3.63) is 53.9 Å². The van der Waals surface area contributed by atoms with Crippen molar-refractivity contribution in [3.63, 3.8) is 0 Å². The van der Waals surface area contributed by atoms with Crippen LogP contribution in [0.5, 0.6) is 0 Å². The zero-order valence-electron chi connectivity index (χ0n) is 13.4. The van der Waals surface area contributed by atoms with Crippen LogP contribution < -0.4 is 0 Å². The normalized spacial score (nSPS) is 11.8. The zero-order chi connectivity index (χ0) is 15.7. The molecule has 0 N–H and O–H groups in total. The predicted octanol–water partition coefficient (Wildman–Crippen LogP) is 3.59. The summed E-state index contributed by atoms with van der Waals surface area (Å²) in [6, 6.07) is 8.39. The van der Waals surface area contributed by atoms with Gasteiger partial charge in [0.25, 0.3) is 0 Å². The highest BCUT2D eigenvalue weighted by atomic mass is 16.5. The number of nitrogens with zero attached hydrogens (tertiary/aromatic N) is 4. The first-order valence-corrected chi connectivity index (χ1v) is 7.34. The summed E-state index contributed by atoms with van der Waals surface area (Å²) >= 11 is 0. The Kier molecular flexibility index (Phi) is 3.56. The van der Waals surface area contributed by atoms with Crippen LogP contribution in [0, 0.1) is 6.92 Å². The van der Waals surface area contributed by atoms with Gasteiger partial charge in [-0.1, -0.05) is 55.8 Å². The first-order chi connectivity index (χ1) is 10.4. The maximum atomic E-state index is 5.30. The van der Waals surface area contributed by atoms with Gasteiger partial charge in [-0.3, -0.25) is 4.68 Å². The molecule has 0 unspecified atom stereocenters. The third-order valence-electron chi connectivity index (χ3n) is 3.45. The smallest absolute Gasteiger partial charge is 0.248 e. The Morgan fingerprint density at radius 3 is 2.45 bits per heavy atom. The van der Waals surface area contributed by atoms with Gasteiger partial charge in [-0.15, -0.1) is 0 Å². The molecule has 0 saturated carbocycles. The van der Waals surface area contributed by atoms with Gasteiger partial charge in [0.15, 0.2) is 5.82 Å². The van der Waals surface area contributed by atoms with E-state index in [1.807, 2.05) is 17.1 Å². The molecule has 0 aliphatic carbocycles. The molecule has 5 nitrogen and oxygen atoms in total. The highest BCUT2D eigenvalue weighted by Gasteiger charge is 2.21. The largest absolute Gasteiger partial charge is 0.337 e. The van der Waals surface area contributed by atoms with Crippen LogP contribution in [-0.4, -0.2) is 19.9 Å². The molecule has 0 radical (unpaired) electrons. The fourth-order valence-corrected chi connectivity index (χ4v) is 2.11. The van der Waals surface area contributed by atoms with E-state index in [1.54, 1.807) is 0 Å². The fraction of sp³-hybridized carbons (Fsp3) is 0.353. The monoisotopic (exact) mass is 296 g/mol. The van der Waals surface area contributed by atoms with Crippen molar-refractivity contribution < 1.29 is 4.52 Å². The average Bonchev–Trinajstić information content (AvgIpc) is 3.09. The Balaban J connectivity index is 1.77. The zero-order valence-corrected chi connectivity index (χ0v) is 13.4. The number of aryl methyl sites for hydroxylation is 1. The van der Waals surface area contributed by atoms with Crippen molar-refractivity contribution in [2.24, 2.45) is 0 Å². The number of hydrogen-bond donors (Lipinski definition) is 0. The van der Waals surface area contributed by atoms with Crippen LogP contribution >= 0.6 is 0 Å². The summed E-state index contributed by atoms with van der Waals surface area (Å²) in [4.78, 5) is 4.43.